The lowest BCUT2D eigenvalue weighted by atomic mass is 10.1. The first-order valence-corrected chi connectivity index (χ1v) is 6.14. The maximum Gasteiger partial charge on any atom is 0.128 e. The summed E-state index contributed by atoms with van der Waals surface area (Å²) < 4.78 is 0. The lowest BCUT2D eigenvalue weighted by Crippen LogP contribution is -2.21. The van der Waals surface area contributed by atoms with Crippen molar-refractivity contribution >= 4 is 5.82 Å². The van der Waals surface area contributed by atoms with Gasteiger partial charge in [0.05, 0.1) is 0 Å². The van der Waals surface area contributed by atoms with Gasteiger partial charge >= 0.3 is 0 Å². The van der Waals surface area contributed by atoms with E-state index in [1.165, 1.54) is 18.4 Å². The molecule has 3 heteroatoms. The fourth-order valence-corrected chi connectivity index (χ4v) is 1.94. The lowest BCUT2D eigenvalue weighted by Gasteiger charge is -2.18. The van der Waals surface area contributed by atoms with Crippen molar-refractivity contribution in [2.45, 2.75) is 38.8 Å². The van der Waals surface area contributed by atoms with Crippen LogP contribution in [0, 0.1) is 0 Å². The Morgan fingerprint density at radius 1 is 1.50 bits per heavy atom. The van der Waals surface area contributed by atoms with Crippen LogP contribution in [0.2, 0.25) is 0 Å². The molecule has 3 nitrogen and oxygen atoms in total. The second-order valence-corrected chi connectivity index (χ2v) is 4.57. The Bertz CT molecular complexity index is 330. The van der Waals surface area contributed by atoms with Crippen molar-refractivity contribution in [3.05, 3.63) is 23.9 Å². The summed E-state index contributed by atoms with van der Waals surface area (Å²) in [5, 5.41) is 3.39. The first-order valence-electron chi connectivity index (χ1n) is 6.14. The van der Waals surface area contributed by atoms with Crippen molar-refractivity contribution in [1.29, 1.82) is 0 Å². The topological polar surface area (TPSA) is 28.2 Å². The van der Waals surface area contributed by atoms with Gasteiger partial charge in [-0.3, -0.25) is 0 Å². The third-order valence-corrected chi connectivity index (χ3v) is 3.24. The minimum absolute atomic E-state index is 0.387. The third-order valence-electron chi connectivity index (χ3n) is 3.24. The molecule has 1 N–H and O–H groups in total. The van der Waals surface area contributed by atoms with E-state index < -0.39 is 0 Å². The molecule has 1 heterocycles. The van der Waals surface area contributed by atoms with Crippen LogP contribution in [0.3, 0.4) is 0 Å². The van der Waals surface area contributed by atoms with E-state index in [-0.39, 0.29) is 0 Å². The highest BCUT2D eigenvalue weighted by atomic mass is 15.2. The molecule has 1 atom stereocenters. The summed E-state index contributed by atoms with van der Waals surface area (Å²) in [6.45, 7) is 5.29. The summed E-state index contributed by atoms with van der Waals surface area (Å²) >= 11 is 0. The molecule has 0 aliphatic heterocycles. The Hall–Kier alpha value is -1.09. The minimum Gasteiger partial charge on any atom is -0.357 e. The number of rotatable bonds is 5. The first kappa shape index (κ1) is 11.4. The molecule has 1 aromatic heterocycles. The molecule has 0 bridgehead atoms. The van der Waals surface area contributed by atoms with E-state index >= 15 is 0 Å². The van der Waals surface area contributed by atoms with E-state index in [1.54, 1.807) is 0 Å². The van der Waals surface area contributed by atoms with Crippen molar-refractivity contribution in [3.63, 3.8) is 0 Å². The molecule has 0 aromatic carbocycles. The molecule has 0 saturated heterocycles. The zero-order chi connectivity index (χ0) is 11.5. The summed E-state index contributed by atoms with van der Waals surface area (Å²) in [5.74, 6) is 1.09. The molecule has 1 aliphatic rings. The van der Waals surface area contributed by atoms with Gasteiger partial charge in [-0.1, -0.05) is 13.0 Å². The zero-order valence-corrected chi connectivity index (χ0v) is 10.4. The van der Waals surface area contributed by atoms with Crippen LogP contribution >= 0.6 is 0 Å². The van der Waals surface area contributed by atoms with Gasteiger partial charge in [-0.05, 0) is 37.9 Å². The SMILES string of the molecule is CCNC(C)c1ccc(N(C)C2CC2)nc1. The second-order valence-electron chi connectivity index (χ2n) is 4.57. The van der Waals surface area contributed by atoms with Gasteiger partial charge in [-0.2, -0.15) is 0 Å². The van der Waals surface area contributed by atoms with Crippen LogP contribution in [0.1, 0.15) is 38.3 Å². The van der Waals surface area contributed by atoms with Gasteiger partial charge < -0.3 is 10.2 Å². The molecular weight excluding hydrogens is 198 g/mol. The Morgan fingerprint density at radius 2 is 2.25 bits per heavy atom. The highest BCUT2D eigenvalue weighted by Gasteiger charge is 2.26. The van der Waals surface area contributed by atoms with E-state index in [0.29, 0.717) is 6.04 Å². The van der Waals surface area contributed by atoms with Crippen LogP contribution in [0.5, 0.6) is 0 Å². The highest BCUT2D eigenvalue weighted by molar-refractivity contribution is 5.41. The van der Waals surface area contributed by atoms with E-state index in [1.807, 2.05) is 6.20 Å². The Morgan fingerprint density at radius 3 is 2.75 bits per heavy atom. The number of hydrogen-bond donors (Lipinski definition) is 1. The normalized spacial score (nSPS) is 17.2. The molecule has 1 fully saturated rings. The van der Waals surface area contributed by atoms with E-state index in [2.05, 4.69) is 48.2 Å². The van der Waals surface area contributed by atoms with E-state index in [4.69, 9.17) is 0 Å². The maximum absolute atomic E-state index is 4.53. The molecular formula is C13H21N3. The highest BCUT2D eigenvalue weighted by Crippen LogP contribution is 2.29. The average Bonchev–Trinajstić information content (AvgIpc) is 3.12. The van der Waals surface area contributed by atoms with Gasteiger partial charge in [0, 0.05) is 25.3 Å². The smallest absolute Gasteiger partial charge is 0.128 e. The predicted molar refractivity (Wildman–Crippen MR) is 67.8 cm³/mol. The summed E-state index contributed by atoms with van der Waals surface area (Å²) in [5.41, 5.74) is 1.26. The zero-order valence-electron chi connectivity index (χ0n) is 10.4. The Labute approximate surface area is 97.9 Å². The van der Waals surface area contributed by atoms with Crippen LogP contribution in [-0.2, 0) is 0 Å². The van der Waals surface area contributed by atoms with Crippen LogP contribution < -0.4 is 10.2 Å². The van der Waals surface area contributed by atoms with Crippen molar-refractivity contribution < 1.29 is 0 Å². The Balaban J connectivity index is 2.03. The van der Waals surface area contributed by atoms with Crippen molar-refractivity contribution in [1.82, 2.24) is 10.3 Å². The molecule has 2 rings (SSSR count). The van der Waals surface area contributed by atoms with Gasteiger partial charge in [0.25, 0.3) is 0 Å². The number of anilines is 1. The van der Waals surface area contributed by atoms with Crippen molar-refractivity contribution in [2.24, 2.45) is 0 Å². The molecule has 0 spiro atoms. The van der Waals surface area contributed by atoms with Gasteiger partial charge in [-0.25, -0.2) is 4.98 Å². The molecule has 88 valence electrons. The monoisotopic (exact) mass is 219 g/mol. The minimum atomic E-state index is 0.387. The number of hydrogen-bond acceptors (Lipinski definition) is 3. The van der Waals surface area contributed by atoms with Gasteiger partial charge in [-0.15, -0.1) is 0 Å². The van der Waals surface area contributed by atoms with Crippen LogP contribution in [0.25, 0.3) is 0 Å². The Kier molecular flexibility index (Phi) is 3.44. The van der Waals surface area contributed by atoms with Crippen molar-refractivity contribution in [2.75, 3.05) is 18.5 Å². The fourth-order valence-electron chi connectivity index (χ4n) is 1.94. The molecule has 1 aromatic rings. The first-order chi connectivity index (χ1) is 7.72. The summed E-state index contributed by atoms with van der Waals surface area (Å²) in [6.07, 6.45) is 4.61. The largest absolute Gasteiger partial charge is 0.357 e. The molecule has 1 unspecified atom stereocenters. The number of nitrogens with one attached hydrogen (secondary N) is 1. The molecule has 16 heavy (non-hydrogen) atoms. The summed E-state index contributed by atoms with van der Waals surface area (Å²) in [6, 6.07) is 5.41. The molecule has 0 amide bonds. The number of aromatic nitrogens is 1. The van der Waals surface area contributed by atoms with Gasteiger partial charge in [0.2, 0.25) is 0 Å². The van der Waals surface area contributed by atoms with Crippen LogP contribution in [0.15, 0.2) is 18.3 Å². The lowest BCUT2D eigenvalue weighted by molar-refractivity contribution is 0.596. The molecule has 0 radical (unpaired) electrons. The van der Waals surface area contributed by atoms with Crippen LogP contribution in [-0.4, -0.2) is 24.6 Å². The van der Waals surface area contributed by atoms with E-state index in [0.717, 1.165) is 18.4 Å². The third kappa shape index (κ3) is 2.53. The predicted octanol–water partition coefficient (Wildman–Crippen LogP) is 2.35. The summed E-state index contributed by atoms with van der Waals surface area (Å²) in [7, 11) is 2.13. The van der Waals surface area contributed by atoms with Crippen LogP contribution in [0.4, 0.5) is 5.82 Å². The van der Waals surface area contributed by atoms with Crippen molar-refractivity contribution in [3.8, 4) is 0 Å². The molecule has 1 aliphatic carbocycles. The number of nitrogens with zero attached hydrogens (tertiary/aromatic N) is 2. The number of pyridine rings is 1. The summed E-state index contributed by atoms with van der Waals surface area (Å²) in [4.78, 5) is 6.81. The maximum atomic E-state index is 4.53. The fraction of sp³-hybridized carbons (Fsp3) is 0.615. The van der Waals surface area contributed by atoms with E-state index in [9.17, 15) is 0 Å². The quantitative estimate of drug-likeness (QED) is 0.824. The standard InChI is InChI=1S/C13H21N3/c1-4-14-10(2)11-5-8-13(15-9-11)16(3)12-6-7-12/h5,8-10,12,14H,4,6-7H2,1-3H3. The van der Waals surface area contributed by atoms with Gasteiger partial charge in [0.1, 0.15) is 5.82 Å². The average molecular weight is 219 g/mol. The molecule has 1 saturated carbocycles. The second kappa shape index (κ2) is 4.83. The van der Waals surface area contributed by atoms with Gasteiger partial charge in [0.15, 0.2) is 0 Å².